The molecule has 1 aromatic carbocycles. The third-order valence-electron chi connectivity index (χ3n) is 1.81. The van der Waals surface area contributed by atoms with Crippen LogP contribution >= 0.6 is 0 Å². The number of nitrogens with one attached hydrogen (secondary N) is 2. The van der Waals surface area contributed by atoms with Gasteiger partial charge in [0.15, 0.2) is 0 Å². The third kappa shape index (κ3) is 4.61. The summed E-state index contributed by atoms with van der Waals surface area (Å²) >= 11 is 0. The van der Waals surface area contributed by atoms with E-state index in [-0.39, 0.29) is 16.6 Å². The van der Waals surface area contributed by atoms with Crippen LogP contribution in [-0.2, 0) is 20.2 Å². The van der Waals surface area contributed by atoms with Crippen LogP contribution in [0.1, 0.15) is 13.8 Å². The molecule has 0 spiro atoms. The molecule has 4 N–H and O–H groups in total. The highest BCUT2D eigenvalue weighted by molar-refractivity contribution is 7.90. The molecule has 0 aliphatic heterocycles. The molecule has 0 saturated heterocycles. The van der Waals surface area contributed by atoms with Crippen LogP contribution in [-0.4, -0.2) is 22.9 Å². The Morgan fingerprint density at radius 1 is 1.17 bits per heavy atom. The first kappa shape index (κ1) is 14.9. The predicted octanol–water partition coefficient (Wildman–Crippen LogP) is -0.0113. The second-order valence-electron chi connectivity index (χ2n) is 3.95. The average molecular weight is 293 g/mol. The quantitative estimate of drug-likeness (QED) is 0.707. The van der Waals surface area contributed by atoms with Gasteiger partial charge in [-0.2, -0.15) is 13.1 Å². The van der Waals surface area contributed by atoms with E-state index in [1.165, 1.54) is 18.2 Å². The summed E-state index contributed by atoms with van der Waals surface area (Å²) in [5.74, 6) is 0. The van der Waals surface area contributed by atoms with Crippen molar-refractivity contribution in [3.63, 3.8) is 0 Å². The van der Waals surface area contributed by atoms with Gasteiger partial charge in [-0.05, 0) is 32.0 Å². The van der Waals surface area contributed by atoms with Gasteiger partial charge in [0.25, 0.3) is 10.2 Å². The van der Waals surface area contributed by atoms with Gasteiger partial charge in [0.2, 0.25) is 10.0 Å². The number of primary sulfonamides is 1. The van der Waals surface area contributed by atoms with E-state index in [1.54, 1.807) is 13.8 Å². The van der Waals surface area contributed by atoms with Crippen molar-refractivity contribution in [3.8, 4) is 0 Å². The van der Waals surface area contributed by atoms with E-state index in [0.29, 0.717) is 0 Å². The molecule has 0 saturated carbocycles. The molecule has 1 aromatic rings. The molecule has 0 aliphatic rings. The molecule has 0 atom stereocenters. The fraction of sp³-hybridized carbons (Fsp3) is 0.333. The van der Waals surface area contributed by atoms with Gasteiger partial charge in [0.1, 0.15) is 0 Å². The molecule has 9 heteroatoms. The van der Waals surface area contributed by atoms with Crippen molar-refractivity contribution < 1.29 is 16.8 Å². The predicted molar refractivity (Wildman–Crippen MR) is 68.6 cm³/mol. The van der Waals surface area contributed by atoms with Crippen LogP contribution in [0, 0.1) is 0 Å². The Labute approximate surface area is 107 Å². The van der Waals surface area contributed by atoms with Crippen molar-refractivity contribution in [2.45, 2.75) is 24.8 Å². The number of rotatable bonds is 5. The molecule has 0 aliphatic carbocycles. The Bertz CT molecular complexity index is 623. The fourth-order valence-corrected chi connectivity index (χ4v) is 2.91. The molecule has 0 unspecified atom stereocenters. The SMILES string of the molecule is CC(C)NS(=O)(=O)Nc1cccc(S(N)(=O)=O)c1. The molecular formula is C9H15N3O4S2. The largest absolute Gasteiger partial charge is 0.299 e. The number of hydrogen-bond acceptors (Lipinski definition) is 4. The van der Waals surface area contributed by atoms with Gasteiger partial charge in [-0.25, -0.2) is 13.6 Å². The molecule has 1 rings (SSSR count). The van der Waals surface area contributed by atoms with E-state index in [1.807, 2.05) is 0 Å². The zero-order chi connectivity index (χ0) is 14.0. The maximum atomic E-state index is 11.6. The minimum atomic E-state index is -3.86. The summed E-state index contributed by atoms with van der Waals surface area (Å²) in [7, 11) is -7.59. The van der Waals surface area contributed by atoms with Crippen LogP contribution in [0.25, 0.3) is 0 Å². The van der Waals surface area contributed by atoms with Gasteiger partial charge in [-0.1, -0.05) is 6.07 Å². The van der Waals surface area contributed by atoms with Crippen LogP contribution in [0.3, 0.4) is 0 Å². The van der Waals surface area contributed by atoms with E-state index >= 15 is 0 Å². The second-order valence-corrected chi connectivity index (χ2v) is 6.96. The molecular weight excluding hydrogens is 278 g/mol. The Morgan fingerprint density at radius 2 is 1.78 bits per heavy atom. The first-order chi connectivity index (χ1) is 8.10. The van der Waals surface area contributed by atoms with Crippen molar-refractivity contribution in [1.82, 2.24) is 4.72 Å². The maximum absolute atomic E-state index is 11.6. The maximum Gasteiger partial charge on any atom is 0.299 e. The highest BCUT2D eigenvalue weighted by atomic mass is 32.2. The summed E-state index contributed by atoms with van der Waals surface area (Å²) in [5, 5.41) is 4.95. The van der Waals surface area contributed by atoms with Gasteiger partial charge < -0.3 is 0 Å². The first-order valence-electron chi connectivity index (χ1n) is 5.03. The highest BCUT2D eigenvalue weighted by Crippen LogP contribution is 2.14. The number of anilines is 1. The standard InChI is InChI=1S/C9H15N3O4S2/c1-7(2)11-18(15,16)12-8-4-3-5-9(6-8)17(10,13)14/h3-7,11-12H,1-2H3,(H2,10,13,14). The van der Waals surface area contributed by atoms with Crippen LogP contribution in [0.15, 0.2) is 29.2 Å². The lowest BCUT2D eigenvalue weighted by Crippen LogP contribution is -2.35. The zero-order valence-electron chi connectivity index (χ0n) is 9.91. The lowest BCUT2D eigenvalue weighted by molar-refractivity contribution is 0.575. The molecule has 0 heterocycles. The van der Waals surface area contributed by atoms with Gasteiger partial charge in [0.05, 0.1) is 10.6 Å². The smallest absolute Gasteiger partial charge is 0.271 e. The van der Waals surface area contributed by atoms with Crippen molar-refractivity contribution >= 4 is 25.9 Å². The summed E-state index contributed by atoms with van der Waals surface area (Å²) in [6.45, 7) is 3.33. The van der Waals surface area contributed by atoms with E-state index in [4.69, 9.17) is 5.14 Å². The van der Waals surface area contributed by atoms with Crippen LogP contribution < -0.4 is 14.6 Å². The summed E-state index contributed by atoms with van der Waals surface area (Å²) in [5.41, 5.74) is 0.120. The topological polar surface area (TPSA) is 118 Å². The molecule has 0 amide bonds. The molecule has 0 bridgehead atoms. The summed E-state index contributed by atoms with van der Waals surface area (Å²) in [4.78, 5) is -0.160. The van der Waals surface area contributed by atoms with Crippen LogP contribution in [0.5, 0.6) is 0 Å². The van der Waals surface area contributed by atoms with Crippen molar-refractivity contribution in [2.75, 3.05) is 4.72 Å². The Morgan fingerprint density at radius 3 is 2.28 bits per heavy atom. The van der Waals surface area contributed by atoms with E-state index in [2.05, 4.69) is 9.44 Å². The van der Waals surface area contributed by atoms with E-state index in [9.17, 15) is 16.8 Å². The number of benzene rings is 1. The first-order valence-corrected chi connectivity index (χ1v) is 8.06. The van der Waals surface area contributed by atoms with Gasteiger partial charge in [0, 0.05) is 6.04 Å². The summed E-state index contributed by atoms with van der Waals surface area (Å²) < 4.78 is 49.9. The minimum absolute atomic E-state index is 0.120. The third-order valence-corrected chi connectivity index (χ3v) is 4.00. The highest BCUT2D eigenvalue weighted by Gasteiger charge is 2.13. The Hall–Kier alpha value is -1.16. The minimum Gasteiger partial charge on any atom is -0.271 e. The molecule has 0 radical (unpaired) electrons. The van der Waals surface area contributed by atoms with Crippen molar-refractivity contribution in [1.29, 1.82) is 0 Å². The average Bonchev–Trinajstić information content (AvgIpc) is 2.13. The molecule has 18 heavy (non-hydrogen) atoms. The zero-order valence-corrected chi connectivity index (χ0v) is 11.5. The number of hydrogen-bond donors (Lipinski definition) is 3. The van der Waals surface area contributed by atoms with Gasteiger partial charge >= 0.3 is 0 Å². The van der Waals surface area contributed by atoms with E-state index < -0.39 is 20.2 Å². The van der Waals surface area contributed by atoms with Gasteiger partial charge in [-0.15, -0.1) is 0 Å². The number of nitrogens with two attached hydrogens (primary N) is 1. The summed E-state index contributed by atoms with van der Waals surface area (Å²) in [6.07, 6.45) is 0. The number of sulfonamides is 1. The normalized spacial score (nSPS) is 12.7. The molecule has 102 valence electrons. The fourth-order valence-electron chi connectivity index (χ4n) is 1.23. The van der Waals surface area contributed by atoms with Crippen LogP contribution in [0.2, 0.25) is 0 Å². The summed E-state index contributed by atoms with van der Waals surface area (Å²) in [6, 6.07) is 4.97. The van der Waals surface area contributed by atoms with Crippen molar-refractivity contribution in [2.24, 2.45) is 5.14 Å². The van der Waals surface area contributed by atoms with Crippen LogP contribution in [0.4, 0.5) is 5.69 Å². The lowest BCUT2D eigenvalue weighted by Gasteiger charge is -2.12. The Balaban J connectivity index is 3.00. The monoisotopic (exact) mass is 293 g/mol. The van der Waals surface area contributed by atoms with Gasteiger partial charge in [-0.3, -0.25) is 4.72 Å². The Kier molecular flexibility index (Phi) is 4.32. The molecule has 7 nitrogen and oxygen atoms in total. The second kappa shape index (κ2) is 5.22. The molecule has 0 aromatic heterocycles. The molecule has 0 fully saturated rings. The lowest BCUT2D eigenvalue weighted by atomic mass is 10.3. The van der Waals surface area contributed by atoms with Crippen molar-refractivity contribution in [3.05, 3.63) is 24.3 Å². The van der Waals surface area contributed by atoms with E-state index in [0.717, 1.165) is 6.07 Å².